The number of aryl methyl sites for hydroxylation is 1. The van der Waals surface area contributed by atoms with Crippen LogP contribution in [0.2, 0.25) is 0 Å². The van der Waals surface area contributed by atoms with Crippen molar-refractivity contribution in [1.82, 2.24) is 9.97 Å². The lowest BCUT2D eigenvalue weighted by Crippen LogP contribution is -2.06. The van der Waals surface area contributed by atoms with Gasteiger partial charge in [0, 0.05) is 18.0 Å². The highest BCUT2D eigenvalue weighted by Gasteiger charge is 2.13. The minimum atomic E-state index is -0.813. The Kier molecular flexibility index (Phi) is 5.42. The summed E-state index contributed by atoms with van der Waals surface area (Å²) in [5, 5.41) is 9.10. The highest BCUT2D eigenvalue weighted by Crippen LogP contribution is 2.25. The second-order valence-corrected chi connectivity index (χ2v) is 6.42. The van der Waals surface area contributed by atoms with Crippen molar-refractivity contribution in [1.29, 1.82) is 0 Å². The number of carboxylic acids is 1. The van der Waals surface area contributed by atoms with Gasteiger partial charge in [0.2, 0.25) is 0 Å². The fourth-order valence-electron chi connectivity index (χ4n) is 2.84. The highest BCUT2D eigenvalue weighted by molar-refractivity contribution is 5.76. The molecule has 0 aliphatic carbocycles. The van der Waals surface area contributed by atoms with E-state index in [2.05, 4.69) is 16.9 Å². The van der Waals surface area contributed by atoms with E-state index in [0.717, 1.165) is 46.5 Å². The zero-order valence-electron chi connectivity index (χ0n) is 15.0. The summed E-state index contributed by atoms with van der Waals surface area (Å²) in [5.74, 6) is -0.589. The van der Waals surface area contributed by atoms with Gasteiger partial charge in [-0.3, -0.25) is 4.79 Å². The van der Waals surface area contributed by atoms with Crippen LogP contribution in [0.25, 0.3) is 22.5 Å². The molecule has 0 amide bonds. The summed E-state index contributed by atoms with van der Waals surface area (Å²) >= 11 is 0. The minimum Gasteiger partial charge on any atom is -0.481 e. The largest absolute Gasteiger partial charge is 0.481 e. The van der Waals surface area contributed by atoms with Gasteiger partial charge in [-0.1, -0.05) is 61.9 Å². The van der Waals surface area contributed by atoms with Crippen molar-refractivity contribution in [3.63, 3.8) is 0 Å². The minimum absolute atomic E-state index is 0.501. The van der Waals surface area contributed by atoms with E-state index in [4.69, 9.17) is 5.11 Å². The third kappa shape index (κ3) is 3.97. The summed E-state index contributed by atoms with van der Waals surface area (Å²) in [6, 6.07) is 15.8. The van der Waals surface area contributed by atoms with Crippen molar-refractivity contribution in [3.8, 4) is 22.5 Å². The zero-order chi connectivity index (χ0) is 18.5. The van der Waals surface area contributed by atoms with E-state index in [1.54, 1.807) is 6.92 Å². The predicted molar refractivity (Wildman–Crippen MR) is 103 cm³/mol. The van der Waals surface area contributed by atoms with Gasteiger partial charge in [-0.15, -0.1) is 0 Å². The molecule has 1 N–H and O–H groups in total. The smallest absolute Gasteiger partial charge is 0.310 e. The fourth-order valence-corrected chi connectivity index (χ4v) is 2.84. The standard InChI is InChI=1S/C22H22N2O2/c1-3-4-16-13-23-21(24-14-16)20-11-9-19(10-12-20)18-7-5-17(6-8-18)15(2)22(25)26/h5-15H,3-4H2,1-2H3,(H,25,26). The first kappa shape index (κ1) is 17.8. The molecular formula is C22H22N2O2. The molecular weight excluding hydrogens is 324 g/mol. The monoisotopic (exact) mass is 346 g/mol. The molecule has 4 nitrogen and oxygen atoms in total. The van der Waals surface area contributed by atoms with Crippen molar-refractivity contribution in [2.45, 2.75) is 32.6 Å². The van der Waals surface area contributed by atoms with E-state index in [-0.39, 0.29) is 0 Å². The number of hydrogen-bond donors (Lipinski definition) is 1. The summed E-state index contributed by atoms with van der Waals surface area (Å²) < 4.78 is 0. The maximum Gasteiger partial charge on any atom is 0.310 e. The van der Waals surface area contributed by atoms with Crippen LogP contribution in [-0.4, -0.2) is 21.0 Å². The second kappa shape index (κ2) is 7.91. The Labute approximate surface area is 153 Å². The Balaban J connectivity index is 1.78. The van der Waals surface area contributed by atoms with Crippen LogP contribution < -0.4 is 0 Å². The van der Waals surface area contributed by atoms with Crippen molar-refractivity contribution in [2.24, 2.45) is 0 Å². The van der Waals surface area contributed by atoms with Crippen LogP contribution in [0.3, 0.4) is 0 Å². The average molecular weight is 346 g/mol. The van der Waals surface area contributed by atoms with Crippen molar-refractivity contribution < 1.29 is 9.90 Å². The van der Waals surface area contributed by atoms with E-state index >= 15 is 0 Å². The molecule has 0 aliphatic heterocycles. The van der Waals surface area contributed by atoms with Crippen LogP contribution in [0.1, 0.15) is 37.3 Å². The van der Waals surface area contributed by atoms with Gasteiger partial charge in [-0.25, -0.2) is 9.97 Å². The van der Waals surface area contributed by atoms with Crippen LogP contribution in [0.4, 0.5) is 0 Å². The van der Waals surface area contributed by atoms with Crippen molar-refractivity contribution in [3.05, 3.63) is 72.1 Å². The number of aliphatic carboxylic acids is 1. The third-order valence-electron chi connectivity index (χ3n) is 4.50. The molecule has 4 heteroatoms. The highest BCUT2D eigenvalue weighted by atomic mass is 16.4. The number of benzene rings is 2. The van der Waals surface area contributed by atoms with Gasteiger partial charge in [0.1, 0.15) is 0 Å². The average Bonchev–Trinajstić information content (AvgIpc) is 2.68. The quantitative estimate of drug-likeness (QED) is 0.686. The van der Waals surface area contributed by atoms with E-state index in [1.807, 2.05) is 60.9 Å². The Morgan fingerprint density at radius 1 is 0.923 bits per heavy atom. The first-order valence-electron chi connectivity index (χ1n) is 8.83. The van der Waals surface area contributed by atoms with E-state index in [0.29, 0.717) is 0 Å². The lowest BCUT2D eigenvalue weighted by Gasteiger charge is -2.08. The SMILES string of the molecule is CCCc1cnc(-c2ccc(-c3ccc(C(C)C(=O)O)cc3)cc2)nc1. The molecule has 1 atom stereocenters. The molecule has 0 saturated carbocycles. The summed E-state index contributed by atoms with van der Waals surface area (Å²) in [6.45, 7) is 3.83. The Hall–Kier alpha value is -3.01. The topological polar surface area (TPSA) is 63.1 Å². The molecule has 1 unspecified atom stereocenters. The van der Waals surface area contributed by atoms with Gasteiger partial charge < -0.3 is 5.11 Å². The van der Waals surface area contributed by atoms with Crippen LogP contribution >= 0.6 is 0 Å². The summed E-state index contributed by atoms with van der Waals surface area (Å²) in [4.78, 5) is 20.0. The van der Waals surface area contributed by atoms with Crippen molar-refractivity contribution >= 4 is 5.97 Å². The van der Waals surface area contributed by atoms with Gasteiger partial charge >= 0.3 is 5.97 Å². The molecule has 0 saturated heterocycles. The summed E-state index contributed by atoms with van der Waals surface area (Å²) in [7, 11) is 0. The lowest BCUT2D eigenvalue weighted by atomic mass is 9.97. The van der Waals surface area contributed by atoms with E-state index in [9.17, 15) is 4.79 Å². The first-order chi connectivity index (χ1) is 12.6. The van der Waals surface area contributed by atoms with Crippen LogP contribution in [0, 0.1) is 0 Å². The number of carboxylic acid groups (broad SMARTS) is 1. The van der Waals surface area contributed by atoms with Crippen LogP contribution in [0.5, 0.6) is 0 Å². The van der Waals surface area contributed by atoms with E-state index in [1.165, 1.54) is 0 Å². The van der Waals surface area contributed by atoms with Gasteiger partial charge in [-0.2, -0.15) is 0 Å². The number of aromatic nitrogens is 2. The third-order valence-corrected chi connectivity index (χ3v) is 4.50. The van der Waals surface area contributed by atoms with Gasteiger partial charge in [-0.05, 0) is 35.6 Å². The Bertz CT molecular complexity index is 870. The van der Waals surface area contributed by atoms with Gasteiger partial charge in [0.25, 0.3) is 0 Å². The lowest BCUT2D eigenvalue weighted by molar-refractivity contribution is -0.138. The summed E-state index contributed by atoms with van der Waals surface area (Å²) in [5.41, 5.74) is 5.07. The molecule has 3 rings (SSSR count). The molecule has 0 spiro atoms. The molecule has 2 aromatic carbocycles. The maximum atomic E-state index is 11.1. The van der Waals surface area contributed by atoms with E-state index < -0.39 is 11.9 Å². The Morgan fingerprint density at radius 2 is 1.42 bits per heavy atom. The number of nitrogens with zero attached hydrogens (tertiary/aromatic N) is 2. The van der Waals surface area contributed by atoms with Gasteiger partial charge in [0.05, 0.1) is 5.92 Å². The number of hydrogen-bond acceptors (Lipinski definition) is 3. The Morgan fingerprint density at radius 3 is 1.92 bits per heavy atom. The number of rotatable bonds is 6. The maximum absolute atomic E-state index is 11.1. The summed E-state index contributed by atoms with van der Waals surface area (Å²) in [6.07, 6.45) is 5.86. The van der Waals surface area contributed by atoms with Crippen molar-refractivity contribution in [2.75, 3.05) is 0 Å². The molecule has 0 aliphatic rings. The predicted octanol–water partition coefficient (Wildman–Crippen LogP) is 4.95. The van der Waals surface area contributed by atoms with Gasteiger partial charge in [0.15, 0.2) is 5.82 Å². The molecule has 1 heterocycles. The number of carbonyl (C=O) groups is 1. The molecule has 0 radical (unpaired) electrons. The van der Waals surface area contributed by atoms with Crippen LogP contribution in [-0.2, 0) is 11.2 Å². The molecule has 26 heavy (non-hydrogen) atoms. The molecule has 1 aromatic heterocycles. The fraction of sp³-hybridized carbons (Fsp3) is 0.227. The molecule has 132 valence electrons. The first-order valence-corrected chi connectivity index (χ1v) is 8.83. The molecule has 0 fully saturated rings. The second-order valence-electron chi connectivity index (χ2n) is 6.42. The molecule has 3 aromatic rings. The molecule has 0 bridgehead atoms. The van der Waals surface area contributed by atoms with Crippen LogP contribution in [0.15, 0.2) is 60.9 Å². The zero-order valence-corrected chi connectivity index (χ0v) is 15.0. The normalized spacial score (nSPS) is 11.9.